The van der Waals surface area contributed by atoms with Crippen molar-refractivity contribution in [3.05, 3.63) is 65.7 Å². The number of hydrogen-bond acceptors (Lipinski definition) is 4. The molecule has 0 fully saturated rings. The Morgan fingerprint density at radius 2 is 1.79 bits per heavy atom. The van der Waals surface area contributed by atoms with Crippen LogP contribution in [0.2, 0.25) is 0 Å². The van der Waals surface area contributed by atoms with Crippen LogP contribution in [0.5, 0.6) is 0 Å². The molecule has 1 aliphatic heterocycles. The molecule has 0 spiro atoms. The molecule has 0 unspecified atom stereocenters. The summed E-state index contributed by atoms with van der Waals surface area (Å²) in [6.07, 6.45) is 0.776. The zero-order valence-electron chi connectivity index (χ0n) is 15.7. The number of carbonyl (C=O) groups is 3. The molecule has 7 heteroatoms. The van der Waals surface area contributed by atoms with Crippen molar-refractivity contribution in [1.29, 1.82) is 0 Å². The van der Waals surface area contributed by atoms with E-state index in [1.165, 1.54) is 0 Å². The fourth-order valence-electron chi connectivity index (χ4n) is 3.20. The summed E-state index contributed by atoms with van der Waals surface area (Å²) in [5.41, 5.74) is 2.64. The summed E-state index contributed by atoms with van der Waals surface area (Å²) in [4.78, 5) is 38.7. The molecule has 1 aliphatic rings. The maximum Gasteiger partial charge on any atom is 0.325 e. The molecule has 0 aliphatic carbocycles. The van der Waals surface area contributed by atoms with Crippen LogP contribution in [0.4, 0.5) is 10.5 Å². The Hall–Kier alpha value is -3.35. The van der Waals surface area contributed by atoms with E-state index in [4.69, 9.17) is 4.74 Å². The normalized spacial score (nSPS) is 13.4. The van der Waals surface area contributed by atoms with Gasteiger partial charge < -0.3 is 20.3 Å². The summed E-state index contributed by atoms with van der Waals surface area (Å²) in [6, 6.07) is 15.3. The summed E-state index contributed by atoms with van der Waals surface area (Å²) in [5.74, 6) is -0.754. The molecule has 3 rings (SSSR count). The largest absolute Gasteiger partial charge is 0.465 e. The van der Waals surface area contributed by atoms with E-state index in [9.17, 15) is 14.4 Å². The Labute approximate surface area is 163 Å². The van der Waals surface area contributed by atoms with Crippen molar-refractivity contribution < 1.29 is 19.1 Å². The van der Waals surface area contributed by atoms with Crippen LogP contribution in [-0.4, -0.2) is 37.6 Å². The molecule has 28 heavy (non-hydrogen) atoms. The first kappa shape index (κ1) is 19.4. The highest BCUT2D eigenvalue weighted by atomic mass is 16.5. The van der Waals surface area contributed by atoms with E-state index in [2.05, 4.69) is 10.6 Å². The molecular formula is C21H23N3O4. The summed E-state index contributed by atoms with van der Waals surface area (Å²) < 4.78 is 4.79. The van der Waals surface area contributed by atoms with Gasteiger partial charge in [-0.25, -0.2) is 4.79 Å². The monoisotopic (exact) mass is 381 g/mol. The Morgan fingerprint density at radius 3 is 2.54 bits per heavy atom. The first-order valence-electron chi connectivity index (χ1n) is 9.24. The van der Waals surface area contributed by atoms with Crippen LogP contribution in [-0.2, 0) is 20.7 Å². The minimum atomic E-state index is -0.866. The molecule has 0 aromatic heterocycles. The number of hydrogen-bond donors (Lipinski definition) is 2. The van der Waals surface area contributed by atoms with Crippen molar-refractivity contribution in [3.8, 4) is 0 Å². The number of ether oxygens (including phenoxy) is 1. The average Bonchev–Trinajstić information content (AvgIpc) is 3.15. The number of rotatable bonds is 6. The molecule has 1 atom stereocenters. The van der Waals surface area contributed by atoms with Gasteiger partial charge in [0.15, 0.2) is 0 Å². The van der Waals surface area contributed by atoms with Gasteiger partial charge in [-0.15, -0.1) is 0 Å². The number of nitrogens with one attached hydrogen (secondary N) is 2. The van der Waals surface area contributed by atoms with Crippen molar-refractivity contribution in [2.24, 2.45) is 0 Å². The van der Waals surface area contributed by atoms with E-state index < -0.39 is 18.0 Å². The lowest BCUT2D eigenvalue weighted by Crippen LogP contribution is -2.47. The molecule has 2 aromatic rings. The van der Waals surface area contributed by atoms with Gasteiger partial charge in [0.05, 0.1) is 6.61 Å². The molecule has 146 valence electrons. The highest BCUT2D eigenvalue weighted by Gasteiger charge is 2.32. The van der Waals surface area contributed by atoms with Gasteiger partial charge in [0.2, 0.25) is 0 Å². The number of esters is 1. The van der Waals surface area contributed by atoms with Gasteiger partial charge in [-0.3, -0.25) is 9.59 Å². The third-order valence-corrected chi connectivity index (χ3v) is 4.51. The Kier molecular flexibility index (Phi) is 6.26. The second-order valence-electron chi connectivity index (χ2n) is 6.34. The van der Waals surface area contributed by atoms with Gasteiger partial charge in [0, 0.05) is 12.2 Å². The van der Waals surface area contributed by atoms with E-state index >= 15 is 0 Å². The molecule has 2 aromatic carbocycles. The lowest BCUT2D eigenvalue weighted by molar-refractivity contribution is -0.141. The average molecular weight is 381 g/mol. The van der Waals surface area contributed by atoms with Crippen LogP contribution in [0.1, 0.15) is 24.1 Å². The Balaban J connectivity index is 1.76. The summed E-state index contributed by atoms with van der Waals surface area (Å²) >= 11 is 0. The Bertz CT molecular complexity index is 854. The zero-order valence-corrected chi connectivity index (χ0v) is 15.7. The van der Waals surface area contributed by atoms with Gasteiger partial charge in [0.25, 0.3) is 5.91 Å². The molecule has 3 amide bonds. The molecule has 1 heterocycles. The SMILES string of the molecule is CCOC(=O)CNC(=O)N[C@@H](C(=O)N1CCc2ccccc21)c1ccccc1. The van der Waals surface area contributed by atoms with Crippen LogP contribution in [0.15, 0.2) is 54.6 Å². The van der Waals surface area contributed by atoms with E-state index in [-0.39, 0.29) is 19.1 Å². The third-order valence-electron chi connectivity index (χ3n) is 4.51. The molecule has 2 N–H and O–H groups in total. The van der Waals surface area contributed by atoms with Crippen LogP contribution in [0.3, 0.4) is 0 Å². The number of anilines is 1. The number of carbonyl (C=O) groups excluding carboxylic acids is 3. The number of benzene rings is 2. The highest BCUT2D eigenvalue weighted by molar-refractivity contribution is 6.01. The zero-order chi connectivity index (χ0) is 19.9. The van der Waals surface area contributed by atoms with Gasteiger partial charge >= 0.3 is 12.0 Å². The predicted octanol–water partition coefficient (Wildman–Crippen LogP) is 2.18. The molecule has 0 radical (unpaired) electrons. The van der Waals surface area contributed by atoms with Gasteiger partial charge in [-0.1, -0.05) is 48.5 Å². The number of para-hydroxylation sites is 1. The number of amides is 3. The van der Waals surface area contributed by atoms with Crippen molar-refractivity contribution in [2.75, 3.05) is 24.6 Å². The number of nitrogens with zero attached hydrogens (tertiary/aromatic N) is 1. The standard InChI is InChI=1S/C21H23N3O4/c1-2-28-18(25)14-22-21(27)23-19(16-9-4-3-5-10-16)20(26)24-13-12-15-8-6-7-11-17(15)24/h3-11,19H,2,12-14H2,1H3,(H2,22,23,27)/t19-/m1/s1. The second-order valence-corrected chi connectivity index (χ2v) is 6.34. The van der Waals surface area contributed by atoms with Crippen molar-refractivity contribution in [2.45, 2.75) is 19.4 Å². The fraction of sp³-hybridized carbons (Fsp3) is 0.286. The van der Waals surface area contributed by atoms with Crippen LogP contribution >= 0.6 is 0 Å². The van der Waals surface area contributed by atoms with Crippen LogP contribution < -0.4 is 15.5 Å². The van der Waals surface area contributed by atoms with Crippen molar-refractivity contribution in [1.82, 2.24) is 10.6 Å². The summed E-state index contributed by atoms with van der Waals surface area (Å²) in [7, 11) is 0. The minimum absolute atomic E-state index is 0.220. The van der Waals surface area contributed by atoms with Crippen LogP contribution in [0, 0.1) is 0 Å². The first-order chi connectivity index (χ1) is 13.6. The molecular weight excluding hydrogens is 358 g/mol. The van der Waals surface area contributed by atoms with E-state index in [1.54, 1.807) is 24.0 Å². The number of urea groups is 1. The van der Waals surface area contributed by atoms with Gasteiger partial charge in [0.1, 0.15) is 12.6 Å². The van der Waals surface area contributed by atoms with Crippen molar-refractivity contribution in [3.63, 3.8) is 0 Å². The third kappa shape index (κ3) is 4.49. The highest BCUT2D eigenvalue weighted by Crippen LogP contribution is 2.30. The van der Waals surface area contributed by atoms with Gasteiger partial charge in [-0.2, -0.15) is 0 Å². The smallest absolute Gasteiger partial charge is 0.325 e. The number of fused-ring (bicyclic) bond motifs is 1. The van der Waals surface area contributed by atoms with E-state index in [1.807, 2.05) is 42.5 Å². The summed E-state index contributed by atoms with van der Waals surface area (Å²) in [5, 5.41) is 5.13. The molecule has 7 nitrogen and oxygen atoms in total. The molecule has 0 bridgehead atoms. The first-order valence-corrected chi connectivity index (χ1v) is 9.24. The maximum atomic E-state index is 13.3. The second kappa shape index (κ2) is 9.03. The maximum absolute atomic E-state index is 13.3. The lowest BCUT2D eigenvalue weighted by Gasteiger charge is -2.25. The van der Waals surface area contributed by atoms with E-state index in [0.29, 0.717) is 12.1 Å². The van der Waals surface area contributed by atoms with Crippen molar-refractivity contribution >= 4 is 23.6 Å². The van der Waals surface area contributed by atoms with E-state index in [0.717, 1.165) is 17.7 Å². The van der Waals surface area contributed by atoms with Crippen LogP contribution in [0.25, 0.3) is 0 Å². The summed E-state index contributed by atoms with van der Waals surface area (Å²) in [6.45, 7) is 2.23. The molecule has 0 saturated carbocycles. The minimum Gasteiger partial charge on any atom is -0.465 e. The predicted molar refractivity (Wildman–Crippen MR) is 105 cm³/mol. The fourth-order valence-corrected chi connectivity index (χ4v) is 3.20. The van der Waals surface area contributed by atoms with Gasteiger partial charge in [-0.05, 0) is 30.5 Å². The molecule has 0 saturated heterocycles. The Morgan fingerprint density at radius 1 is 1.07 bits per heavy atom. The quantitative estimate of drug-likeness (QED) is 0.751. The topological polar surface area (TPSA) is 87.7 Å². The lowest BCUT2D eigenvalue weighted by atomic mass is 10.1.